The van der Waals surface area contributed by atoms with Gasteiger partial charge in [0.25, 0.3) is 0 Å². The summed E-state index contributed by atoms with van der Waals surface area (Å²) >= 11 is 0. The number of guanidine groups is 1. The fourth-order valence-electron chi connectivity index (χ4n) is 1.45. The largest absolute Gasteiger partial charge is 0.380 e. The summed E-state index contributed by atoms with van der Waals surface area (Å²) in [4.78, 5) is 4.59. The Morgan fingerprint density at radius 3 is 2.41 bits per heavy atom. The Labute approximate surface area is 122 Å². The van der Waals surface area contributed by atoms with Crippen LogP contribution in [0.5, 0.6) is 0 Å². The Morgan fingerprint density at radius 1 is 1.35 bits per heavy atom. The molecular formula is C12H26IN3O. The van der Waals surface area contributed by atoms with E-state index in [1.807, 2.05) is 0 Å². The molecule has 1 rings (SSSR count). The highest BCUT2D eigenvalue weighted by molar-refractivity contribution is 14.0. The zero-order valence-electron chi connectivity index (χ0n) is 11.4. The first kappa shape index (κ1) is 17.0. The molecule has 1 heterocycles. The average Bonchev–Trinajstić information content (AvgIpc) is 2.19. The Hall–Kier alpha value is -0.0400. The van der Waals surface area contributed by atoms with Crippen molar-refractivity contribution in [2.24, 2.45) is 16.3 Å². The van der Waals surface area contributed by atoms with Gasteiger partial charge in [-0.05, 0) is 12.8 Å². The summed E-state index contributed by atoms with van der Waals surface area (Å²) in [5.41, 5.74) is 0.250. The summed E-state index contributed by atoms with van der Waals surface area (Å²) in [5.74, 6) is 1.55. The minimum Gasteiger partial charge on any atom is -0.380 e. The van der Waals surface area contributed by atoms with Crippen LogP contribution in [-0.2, 0) is 4.74 Å². The lowest BCUT2D eigenvalue weighted by atomic mass is 9.89. The average molecular weight is 355 g/mol. The van der Waals surface area contributed by atoms with Crippen molar-refractivity contribution in [2.45, 2.75) is 27.7 Å². The molecule has 0 spiro atoms. The number of nitrogens with zero attached hydrogens (tertiary/aromatic N) is 1. The minimum absolute atomic E-state index is 0. The third-order valence-corrected chi connectivity index (χ3v) is 2.54. The third kappa shape index (κ3) is 6.45. The highest BCUT2D eigenvalue weighted by Gasteiger charge is 2.33. The molecule has 0 saturated carbocycles. The van der Waals surface area contributed by atoms with Crippen LogP contribution in [-0.4, -0.2) is 38.8 Å². The van der Waals surface area contributed by atoms with Crippen molar-refractivity contribution in [1.82, 2.24) is 10.6 Å². The maximum atomic E-state index is 5.22. The molecule has 0 atom stereocenters. The van der Waals surface area contributed by atoms with Crippen LogP contribution in [0.3, 0.4) is 0 Å². The van der Waals surface area contributed by atoms with Crippen LogP contribution in [0.25, 0.3) is 0 Å². The molecule has 1 fully saturated rings. The number of hydrogen-bond donors (Lipinski definition) is 2. The zero-order chi connectivity index (χ0) is 12.0. The molecule has 0 aromatic rings. The van der Waals surface area contributed by atoms with Gasteiger partial charge in [0.05, 0.1) is 19.8 Å². The summed E-state index contributed by atoms with van der Waals surface area (Å²) < 4.78 is 5.22. The summed E-state index contributed by atoms with van der Waals surface area (Å²) in [6.45, 7) is 13.0. The van der Waals surface area contributed by atoms with Gasteiger partial charge in [0.2, 0.25) is 0 Å². The van der Waals surface area contributed by atoms with E-state index in [1.165, 1.54) is 0 Å². The molecule has 1 saturated heterocycles. The third-order valence-electron chi connectivity index (χ3n) is 2.54. The van der Waals surface area contributed by atoms with Gasteiger partial charge in [-0.3, -0.25) is 4.99 Å². The molecule has 1 aliphatic heterocycles. The smallest absolute Gasteiger partial charge is 0.191 e. The number of ether oxygens (including phenoxy) is 1. The number of rotatable bonds is 5. The molecule has 102 valence electrons. The van der Waals surface area contributed by atoms with E-state index >= 15 is 0 Å². The van der Waals surface area contributed by atoms with Gasteiger partial charge in [-0.1, -0.05) is 20.8 Å². The highest BCUT2D eigenvalue weighted by atomic mass is 127. The second-order valence-electron chi connectivity index (χ2n) is 5.27. The standard InChI is InChI=1S/C12H25N3O.HI/c1-5-13-11(14-6-10(2)3)15-7-12(4)8-16-9-12;/h10H,5-9H2,1-4H3,(H2,13,14,15);1H. The summed E-state index contributed by atoms with van der Waals surface area (Å²) in [6.07, 6.45) is 0. The monoisotopic (exact) mass is 355 g/mol. The number of hydrogen-bond acceptors (Lipinski definition) is 2. The number of halogens is 1. The van der Waals surface area contributed by atoms with E-state index in [9.17, 15) is 0 Å². The van der Waals surface area contributed by atoms with Crippen molar-refractivity contribution in [3.8, 4) is 0 Å². The quantitative estimate of drug-likeness (QED) is 0.450. The summed E-state index contributed by atoms with van der Waals surface area (Å²) in [7, 11) is 0. The van der Waals surface area contributed by atoms with Gasteiger partial charge < -0.3 is 15.4 Å². The van der Waals surface area contributed by atoms with Gasteiger partial charge in [0, 0.05) is 18.5 Å². The van der Waals surface area contributed by atoms with Gasteiger partial charge in [-0.25, -0.2) is 0 Å². The predicted molar refractivity (Wildman–Crippen MR) is 83.2 cm³/mol. The Morgan fingerprint density at radius 2 is 2.00 bits per heavy atom. The topological polar surface area (TPSA) is 45.7 Å². The second-order valence-corrected chi connectivity index (χ2v) is 5.27. The first-order valence-corrected chi connectivity index (χ1v) is 6.16. The van der Waals surface area contributed by atoms with Crippen molar-refractivity contribution in [3.05, 3.63) is 0 Å². The first-order chi connectivity index (χ1) is 7.56. The molecule has 5 heteroatoms. The van der Waals surface area contributed by atoms with E-state index in [0.717, 1.165) is 38.8 Å². The van der Waals surface area contributed by atoms with Gasteiger partial charge in [0.15, 0.2) is 5.96 Å². The van der Waals surface area contributed by atoms with Crippen LogP contribution in [0.4, 0.5) is 0 Å². The molecular weight excluding hydrogens is 329 g/mol. The predicted octanol–water partition coefficient (Wildman–Crippen LogP) is 1.85. The maximum absolute atomic E-state index is 5.22. The van der Waals surface area contributed by atoms with Crippen LogP contribution < -0.4 is 10.6 Å². The first-order valence-electron chi connectivity index (χ1n) is 6.16. The Balaban J connectivity index is 0.00000256. The molecule has 0 bridgehead atoms. The van der Waals surface area contributed by atoms with E-state index in [0.29, 0.717) is 5.92 Å². The molecule has 0 amide bonds. The van der Waals surface area contributed by atoms with Gasteiger partial charge >= 0.3 is 0 Å². The molecule has 17 heavy (non-hydrogen) atoms. The van der Waals surface area contributed by atoms with Crippen LogP contribution in [0.2, 0.25) is 0 Å². The van der Waals surface area contributed by atoms with E-state index in [-0.39, 0.29) is 29.4 Å². The van der Waals surface area contributed by atoms with Crippen LogP contribution in [0.1, 0.15) is 27.7 Å². The van der Waals surface area contributed by atoms with Crippen LogP contribution >= 0.6 is 24.0 Å². The molecule has 0 aliphatic carbocycles. The highest BCUT2D eigenvalue weighted by Crippen LogP contribution is 2.26. The fourth-order valence-corrected chi connectivity index (χ4v) is 1.45. The van der Waals surface area contributed by atoms with E-state index < -0.39 is 0 Å². The Kier molecular flexibility index (Phi) is 8.11. The van der Waals surface area contributed by atoms with Crippen molar-refractivity contribution in [3.63, 3.8) is 0 Å². The number of aliphatic imine (C=N–C) groups is 1. The number of nitrogens with one attached hydrogen (secondary N) is 2. The zero-order valence-corrected chi connectivity index (χ0v) is 13.7. The molecule has 0 radical (unpaired) electrons. The van der Waals surface area contributed by atoms with Crippen molar-refractivity contribution < 1.29 is 4.74 Å². The lowest BCUT2D eigenvalue weighted by molar-refractivity contribution is -0.0945. The second kappa shape index (κ2) is 8.13. The van der Waals surface area contributed by atoms with Crippen molar-refractivity contribution >= 4 is 29.9 Å². The van der Waals surface area contributed by atoms with E-state index in [2.05, 4.69) is 43.3 Å². The van der Waals surface area contributed by atoms with Gasteiger partial charge in [-0.2, -0.15) is 0 Å². The van der Waals surface area contributed by atoms with Crippen molar-refractivity contribution in [2.75, 3.05) is 32.8 Å². The van der Waals surface area contributed by atoms with E-state index in [1.54, 1.807) is 0 Å². The molecule has 0 aromatic carbocycles. The molecule has 4 nitrogen and oxygen atoms in total. The summed E-state index contributed by atoms with van der Waals surface area (Å²) in [5, 5.41) is 6.60. The van der Waals surface area contributed by atoms with Crippen molar-refractivity contribution in [1.29, 1.82) is 0 Å². The lowest BCUT2D eigenvalue weighted by Crippen LogP contribution is -2.44. The minimum atomic E-state index is 0. The molecule has 0 unspecified atom stereocenters. The Bertz CT molecular complexity index is 240. The van der Waals surface area contributed by atoms with Gasteiger partial charge in [0.1, 0.15) is 0 Å². The fraction of sp³-hybridized carbons (Fsp3) is 0.917. The van der Waals surface area contributed by atoms with Gasteiger partial charge in [-0.15, -0.1) is 24.0 Å². The molecule has 1 aliphatic rings. The van der Waals surface area contributed by atoms with Crippen LogP contribution in [0.15, 0.2) is 4.99 Å². The van der Waals surface area contributed by atoms with Crippen LogP contribution in [0, 0.1) is 11.3 Å². The molecule has 2 N–H and O–H groups in total. The molecule has 0 aromatic heterocycles. The summed E-state index contributed by atoms with van der Waals surface area (Å²) in [6, 6.07) is 0. The lowest BCUT2D eigenvalue weighted by Gasteiger charge is -2.36. The SMILES string of the molecule is CCNC(=NCC1(C)COC1)NCC(C)C.I. The van der Waals surface area contributed by atoms with E-state index in [4.69, 9.17) is 4.74 Å². The maximum Gasteiger partial charge on any atom is 0.191 e. The normalized spacial score (nSPS) is 18.3.